The highest BCUT2D eigenvalue weighted by molar-refractivity contribution is 5.60. The molecule has 0 saturated heterocycles. The largest absolute Gasteiger partial charge is 0.368 e. The number of hydrogen-bond donors (Lipinski definition) is 2. The minimum absolute atomic E-state index is 0.206. The summed E-state index contributed by atoms with van der Waals surface area (Å²) in [5.74, 6) is 0.188. The Bertz CT molecular complexity index is 832. The van der Waals surface area contributed by atoms with Crippen molar-refractivity contribution in [2.24, 2.45) is 0 Å². The summed E-state index contributed by atoms with van der Waals surface area (Å²) in [6.45, 7) is 3.62. The van der Waals surface area contributed by atoms with Crippen molar-refractivity contribution in [2.45, 2.75) is 19.4 Å². The second-order valence-electron chi connectivity index (χ2n) is 5.71. The molecule has 0 aliphatic carbocycles. The predicted molar refractivity (Wildman–Crippen MR) is 88.3 cm³/mol. The molecule has 24 heavy (non-hydrogen) atoms. The zero-order chi connectivity index (χ0) is 17.2. The molecular formula is C16H16FN7. The average Bonchev–Trinajstić information content (AvgIpc) is 2.56. The van der Waals surface area contributed by atoms with Crippen molar-refractivity contribution >= 4 is 11.9 Å². The fraction of sp³-hybridized carbons (Fsp3) is 0.188. The fourth-order valence-electron chi connectivity index (χ4n) is 2.21. The van der Waals surface area contributed by atoms with Gasteiger partial charge in [0.2, 0.25) is 11.9 Å². The van der Waals surface area contributed by atoms with Gasteiger partial charge in [-0.15, -0.1) is 0 Å². The number of aromatic nitrogens is 5. The molecule has 0 bridgehead atoms. The average molecular weight is 325 g/mol. The van der Waals surface area contributed by atoms with E-state index in [0.717, 1.165) is 11.1 Å². The summed E-state index contributed by atoms with van der Waals surface area (Å²) in [7, 11) is 0. The van der Waals surface area contributed by atoms with E-state index >= 15 is 0 Å². The molecule has 0 spiro atoms. The van der Waals surface area contributed by atoms with Crippen LogP contribution in [0.4, 0.5) is 16.3 Å². The first kappa shape index (κ1) is 15.7. The van der Waals surface area contributed by atoms with Crippen LogP contribution in [0, 0.1) is 5.82 Å². The number of halogens is 1. The first-order valence-corrected chi connectivity index (χ1v) is 7.25. The number of rotatable bonds is 4. The summed E-state index contributed by atoms with van der Waals surface area (Å²) >= 11 is 0. The molecule has 0 aliphatic heterocycles. The van der Waals surface area contributed by atoms with Crippen molar-refractivity contribution in [3.63, 3.8) is 0 Å². The monoisotopic (exact) mass is 325 g/mol. The van der Waals surface area contributed by atoms with Gasteiger partial charge in [-0.05, 0) is 26.0 Å². The van der Waals surface area contributed by atoms with Crippen LogP contribution >= 0.6 is 0 Å². The van der Waals surface area contributed by atoms with E-state index in [-0.39, 0.29) is 11.8 Å². The summed E-state index contributed by atoms with van der Waals surface area (Å²) in [5.41, 5.74) is 6.50. The molecule has 0 saturated carbocycles. The highest BCUT2D eigenvalue weighted by Gasteiger charge is 2.26. The molecule has 0 amide bonds. The summed E-state index contributed by atoms with van der Waals surface area (Å²) in [4.78, 5) is 20.5. The maximum absolute atomic E-state index is 13.9. The lowest BCUT2D eigenvalue weighted by Crippen LogP contribution is -2.31. The molecular weight excluding hydrogens is 309 g/mol. The van der Waals surface area contributed by atoms with Crippen molar-refractivity contribution in [1.29, 1.82) is 0 Å². The minimum Gasteiger partial charge on any atom is -0.368 e. The van der Waals surface area contributed by atoms with Gasteiger partial charge in [0.1, 0.15) is 11.5 Å². The van der Waals surface area contributed by atoms with E-state index in [1.165, 1.54) is 6.07 Å². The van der Waals surface area contributed by atoms with E-state index in [1.807, 2.05) is 13.8 Å². The first-order chi connectivity index (χ1) is 11.5. The smallest absolute Gasteiger partial charge is 0.223 e. The van der Waals surface area contributed by atoms with E-state index in [0.29, 0.717) is 11.6 Å². The Labute approximate surface area is 138 Å². The van der Waals surface area contributed by atoms with E-state index in [1.54, 1.807) is 37.1 Å². The molecule has 0 atom stereocenters. The second-order valence-corrected chi connectivity index (χ2v) is 5.71. The normalized spacial score (nSPS) is 11.3. The van der Waals surface area contributed by atoms with Gasteiger partial charge in [-0.2, -0.15) is 0 Å². The molecule has 0 aromatic carbocycles. The summed E-state index contributed by atoms with van der Waals surface area (Å²) in [6, 6.07) is 2.92. The van der Waals surface area contributed by atoms with Gasteiger partial charge in [0.25, 0.3) is 0 Å². The zero-order valence-electron chi connectivity index (χ0n) is 13.2. The van der Waals surface area contributed by atoms with Crippen LogP contribution in [-0.2, 0) is 5.54 Å². The fourth-order valence-corrected chi connectivity index (χ4v) is 2.21. The number of nitrogens with two attached hydrogens (primary N) is 1. The number of nitrogens with one attached hydrogen (secondary N) is 1. The summed E-state index contributed by atoms with van der Waals surface area (Å²) in [6.07, 6.45) is 8.01. The van der Waals surface area contributed by atoms with E-state index in [2.05, 4.69) is 30.2 Å². The number of anilines is 2. The predicted octanol–water partition coefficient (Wildman–Crippen LogP) is 2.40. The Morgan fingerprint density at radius 2 is 1.54 bits per heavy atom. The van der Waals surface area contributed by atoms with Gasteiger partial charge in [-0.1, -0.05) is 0 Å². The molecule has 0 radical (unpaired) electrons. The van der Waals surface area contributed by atoms with Gasteiger partial charge >= 0.3 is 0 Å². The van der Waals surface area contributed by atoms with Crippen LogP contribution < -0.4 is 11.1 Å². The molecule has 3 aromatic rings. The SMILES string of the molecule is CC(C)(Nc1ncc(-c2cnc(N)nc2)cn1)c1ncccc1F. The number of nitrogens with zero attached hydrogens (tertiary/aromatic N) is 5. The minimum atomic E-state index is -0.767. The van der Waals surface area contributed by atoms with E-state index in [9.17, 15) is 4.39 Å². The van der Waals surface area contributed by atoms with Crippen molar-refractivity contribution in [3.05, 3.63) is 54.6 Å². The van der Waals surface area contributed by atoms with Crippen LogP contribution in [0.3, 0.4) is 0 Å². The molecule has 7 nitrogen and oxygen atoms in total. The van der Waals surface area contributed by atoms with E-state index in [4.69, 9.17) is 5.73 Å². The molecule has 3 N–H and O–H groups in total. The van der Waals surface area contributed by atoms with Crippen LogP contribution in [0.1, 0.15) is 19.5 Å². The van der Waals surface area contributed by atoms with Crippen molar-refractivity contribution in [2.75, 3.05) is 11.1 Å². The molecule has 8 heteroatoms. The zero-order valence-corrected chi connectivity index (χ0v) is 13.2. The van der Waals surface area contributed by atoms with Gasteiger partial charge in [0.15, 0.2) is 0 Å². The third-order valence-electron chi connectivity index (χ3n) is 3.43. The molecule has 3 aromatic heterocycles. The van der Waals surface area contributed by atoms with Crippen LogP contribution in [-0.4, -0.2) is 24.9 Å². The van der Waals surface area contributed by atoms with Gasteiger partial charge in [-0.3, -0.25) is 4.98 Å². The maximum atomic E-state index is 13.9. The Kier molecular flexibility index (Phi) is 4.03. The lowest BCUT2D eigenvalue weighted by molar-refractivity contribution is 0.510. The molecule has 0 aliphatic rings. The lowest BCUT2D eigenvalue weighted by Gasteiger charge is -2.25. The standard InChI is InChI=1S/C16H16FN7/c1-16(2,13-12(17)4-3-5-19-13)24-15-22-8-11(9-23-15)10-6-20-14(18)21-7-10/h3-9H,1-2H3,(H2,18,20,21)(H,22,23,24). The van der Waals surface area contributed by atoms with Crippen LogP contribution in [0.2, 0.25) is 0 Å². The Balaban J connectivity index is 1.81. The number of nitrogen functional groups attached to an aromatic ring is 1. The highest BCUT2D eigenvalue weighted by atomic mass is 19.1. The molecule has 0 unspecified atom stereocenters. The van der Waals surface area contributed by atoms with Gasteiger partial charge < -0.3 is 11.1 Å². The number of pyridine rings is 1. The van der Waals surface area contributed by atoms with Crippen molar-refractivity contribution in [1.82, 2.24) is 24.9 Å². The third kappa shape index (κ3) is 3.27. The van der Waals surface area contributed by atoms with Gasteiger partial charge in [-0.25, -0.2) is 24.3 Å². The molecule has 122 valence electrons. The topological polar surface area (TPSA) is 102 Å². The van der Waals surface area contributed by atoms with Gasteiger partial charge in [0.05, 0.1) is 5.54 Å². The van der Waals surface area contributed by atoms with E-state index < -0.39 is 5.54 Å². The molecule has 0 fully saturated rings. The first-order valence-electron chi connectivity index (χ1n) is 7.25. The quantitative estimate of drug-likeness (QED) is 0.759. The van der Waals surface area contributed by atoms with Gasteiger partial charge in [0, 0.05) is 42.1 Å². The molecule has 3 heterocycles. The van der Waals surface area contributed by atoms with Crippen molar-refractivity contribution in [3.8, 4) is 11.1 Å². The van der Waals surface area contributed by atoms with Crippen LogP contribution in [0.15, 0.2) is 43.1 Å². The van der Waals surface area contributed by atoms with Crippen LogP contribution in [0.5, 0.6) is 0 Å². The Morgan fingerprint density at radius 1 is 0.958 bits per heavy atom. The maximum Gasteiger partial charge on any atom is 0.223 e. The Hall–Kier alpha value is -3.16. The van der Waals surface area contributed by atoms with Crippen molar-refractivity contribution < 1.29 is 4.39 Å². The molecule has 3 rings (SSSR count). The lowest BCUT2D eigenvalue weighted by atomic mass is 9.99. The summed E-state index contributed by atoms with van der Waals surface area (Å²) < 4.78 is 13.9. The number of hydrogen-bond acceptors (Lipinski definition) is 7. The summed E-state index contributed by atoms with van der Waals surface area (Å²) in [5, 5.41) is 3.09. The highest BCUT2D eigenvalue weighted by Crippen LogP contribution is 2.25. The van der Waals surface area contributed by atoms with Crippen LogP contribution in [0.25, 0.3) is 11.1 Å². The Morgan fingerprint density at radius 3 is 2.12 bits per heavy atom. The third-order valence-corrected chi connectivity index (χ3v) is 3.43. The second kappa shape index (κ2) is 6.15.